The fraction of sp³-hybridized carbons (Fsp3) is 1.00. The average molecular weight is 210 g/mol. The van der Waals surface area contributed by atoms with Crippen LogP contribution in [-0.4, -0.2) is 28.6 Å². The lowest BCUT2D eigenvalue weighted by Crippen LogP contribution is -2.16. The van der Waals surface area contributed by atoms with Gasteiger partial charge in [-0.1, -0.05) is 0 Å². The minimum Gasteiger partial charge on any atom is -0.378 e. The van der Waals surface area contributed by atoms with Crippen molar-refractivity contribution in [3.63, 3.8) is 0 Å². The molecule has 2 N–H and O–H groups in total. The molecule has 0 spiro atoms. The third-order valence-corrected chi connectivity index (χ3v) is 2.57. The maximum Gasteiger partial charge on any atom is 0.469 e. The Balaban J connectivity index is 2.24. The molecule has 13 heavy (non-hydrogen) atoms. The van der Waals surface area contributed by atoms with Crippen LogP contribution in [0.5, 0.6) is 0 Å². The molecule has 1 aliphatic heterocycles. The van der Waals surface area contributed by atoms with Crippen molar-refractivity contribution in [2.75, 3.05) is 6.61 Å². The fourth-order valence-electron chi connectivity index (χ4n) is 1.48. The van der Waals surface area contributed by atoms with Crippen molar-refractivity contribution in [3.8, 4) is 0 Å². The van der Waals surface area contributed by atoms with Crippen molar-refractivity contribution in [1.29, 1.82) is 0 Å². The van der Waals surface area contributed by atoms with Gasteiger partial charge in [-0.05, 0) is 19.8 Å². The van der Waals surface area contributed by atoms with Gasteiger partial charge in [-0.15, -0.1) is 0 Å². The van der Waals surface area contributed by atoms with E-state index in [4.69, 9.17) is 14.5 Å². The molecule has 0 aliphatic carbocycles. The number of phosphoric ester groups is 1. The van der Waals surface area contributed by atoms with Crippen LogP contribution in [0.25, 0.3) is 0 Å². The largest absolute Gasteiger partial charge is 0.469 e. The molecule has 0 saturated carbocycles. The van der Waals surface area contributed by atoms with Crippen LogP contribution >= 0.6 is 7.82 Å². The van der Waals surface area contributed by atoms with Gasteiger partial charge in [-0.3, -0.25) is 4.52 Å². The van der Waals surface area contributed by atoms with Crippen LogP contribution in [0.3, 0.4) is 0 Å². The van der Waals surface area contributed by atoms with E-state index in [1.165, 1.54) is 0 Å². The van der Waals surface area contributed by atoms with Crippen molar-refractivity contribution in [2.45, 2.75) is 38.4 Å². The first-order valence-electron chi connectivity index (χ1n) is 4.33. The Morgan fingerprint density at radius 3 is 2.85 bits per heavy atom. The summed E-state index contributed by atoms with van der Waals surface area (Å²) in [5.41, 5.74) is 0. The van der Waals surface area contributed by atoms with Crippen molar-refractivity contribution in [1.82, 2.24) is 0 Å². The highest BCUT2D eigenvalue weighted by atomic mass is 31.2. The molecular weight excluding hydrogens is 195 g/mol. The van der Waals surface area contributed by atoms with Gasteiger partial charge in [-0.25, -0.2) is 4.57 Å². The van der Waals surface area contributed by atoms with E-state index in [1.807, 2.05) is 0 Å². The first-order chi connectivity index (χ1) is 5.97. The van der Waals surface area contributed by atoms with Crippen molar-refractivity contribution in [2.24, 2.45) is 0 Å². The molecule has 1 saturated heterocycles. The average Bonchev–Trinajstić information content (AvgIpc) is 2.34. The Labute approximate surface area is 77.3 Å². The number of hydrogen-bond acceptors (Lipinski definition) is 3. The molecule has 0 amide bonds. The van der Waals surface area contributed by atoms with Gasteiger partial charge >= 0.3 is 7.82 Å². The monoisotopic (exact) mass is 210 g/mol. The minimum atomic E-state index is -4.33. The van der Waals surface area contributed by atoms with Crippen LogP contribution in [-0.2, 0) is 13.8 Å². The molecule has 1 fully saturated rings. The van der Waals surface area contributed by atoms with E-state index in [1.54, 1.807) is 6.92 Å². The molecule has 0 unspecified atom stereocenters. The summed E-state index contributed by atoms with van der Waals surface area (Å²) in [6, 6.07) is 0. The van der Waals surface area contributed by atoms with E-state index in [2.05, 4.69) is 4.52 Å². The molecule has 0 aromatic rings. The molecule has 6 heteroatoms. The van der Waals surface area contributed by atoms with Gasteiger partial charge < -0.3 is 14.5 Å². The Morgan fingerprint density at radius 2 is 2.38 bits per heavy atom. The van der Waals surface area contributed by atoms with E-state index in [9.17, 15) is 4.57 Å². The first-order valence-corrected chi connectivity index (χ1v) is 5.86. The fourth-order valence-corrected chi connectivity index (χ4v) is 2.03. The summed E-state index contributed by atoms with van der Waals surface area (Å²) in [5, 5.41) is 0. The number of ether oxygens (including phenoxy) is 1. The smallest absolute Gasteiger partial charge is 0.378 e. The maximum absolute atomic E-state index is 10.4. The summed E-state index contributed by atoms with van der Waals surface area (Å²) >= 11 is 0. The Morgan fingerprint density at radius 1 is 1.69 bits per heavy atom. The maximum atomic E-state index is 10.4. The second-order valence-corrected chi connectivity index (χ2v) is 4.47. The number of phosphoric acid groups is 1. The summed E-state index contributed by atoms with van der Waals surface area (Å²) in [6.45, 7) is 2.38. The molecule has 5 nitrogen and oxygen atoms in total. The van der Waals surface area contributed by atoms with Crippen LogP contribution in [0.1, 0.15) is 26.2 Å². The van der Waals surface area contributed by atoms with Gasteiger partial charge in [0.25, 0.3) is 0 Å². The highest BCUT2D eigenvalue weighted by Gasteiger charge is 2.24. The zero-order chi connectivity index (χ0) is 9.90. The topological polar surface area (TPSA) is 76.0 Å². The van der Waals surface area contributed by atoms with Crippen LogP contribution in [0.15, 0.2) is 0 Å². The zero-order valence-corrected chi connectivity index (χ0v) is 8.44. The molecule has 0 aromatic heterocycles. The Bertz CT molecular complexity index is 195. The van der Waals surface area contributed by atoms with Crippen molar-refractivity contribution >= 4 is 7.82 Å². The van der Waals surface area contributed by atoms with E-state index < -0.39 is 13.9 Å². The highest BCUT2D eigenvalue weighted by Crippen LogP contribution is 2.38. The first kappa shape index (κ1) is 11.1. The van der Waals surface area contributed by atoms with E-state index in [0.29, 0.717) is 6.42 Å². The van der Waals surface area contributed by atoms with E-state index >= 15 is 0 Å². The quantitative estimate of drug-likeness (QED) is 0.678. The van der Waals surface area contributed by atoms with Crippen LogP contribution < -0.4 is 0 Å². The summed E-state index contributed by atoms with van der Waals surface area (Å²) in [4.78, 5) is 17.0. The van der Waals surface area contributed by atoms with Crippen molar-refractivity contribution < 1.29 is 23.6 Å². The predicted molar refractivity (Wildman–Crippen MR) is 46.2 cm³/mol. The van der Waals surface area contributed by atoms with Gasteiger partial charge in [0, 0.05) is 13.0 Å². The van der Waals surface area contributed by atoms with Gasteiger partial charge in [-0.2, -0.15) is 0 Å². The lowest BCUT2D eigenvalue weighted by Gasteiger charge is -2.16. The Kier molecular flexibility index (Phi) is 3.88. The molecule has 1 rings (SSSR count). The summed E-state index contributed by atoms with van der Waals surface area (Å²) in [5.74, 6) is 0. The zero-order valence-electron chi connectivity index (χ0n) is 7.55. The molecule has 1 heterocycles. The third kappa shape index (κ3) is 4.74. The van der Waals surface area contributed by atoms with Gasteiger partial charge in [0.15, 0.2) is 0 Å². The lowest BCUT2D eigenvalue weighted by molar-refractivity contribution is 0.0567. The summed E-state index contributed by atoms with van der Waals surface area (Å²) in [6.07, 6.45) is 2.17. The normalized spacial score (nSPS) is 26.2. The van der Waals surface area contributed by atoms with Gasteiger partial charge in [0.05, 0.1) is 12.2 Å². The molecule has 2 atom stereocenters. The van der Waals surface area contributed by atoms with E-state index in [-0.39, 0.29) is 6.10 Å². The van der Waals surface area contributed by atoms with Crippen molar-refractivity contribution in [3.05, 3.63) is 0 Å². The third-order valence-electron chi connectivity index (χ3n) is 1.94. The molecular formula is C7H15O5P. The van der Waals surface area contributed by atoms with Crippen LogP contribution in [0.4, 0.5) is 0 Å². The summed E-state index contributed by atoms with van der Waals surface area (Å²) < 4.78 is 20.2. The standard InChI is InChI=1S/C7H15O5P/c1-6(12-13(8,9)10)5-7-3-2-4-11-7/h6-7H,2-5H2,1H3,(H2,8,9,10)/t6-,7+/m1/s1. The molecule has 0 aromatic carbocycles. The minimum absolute atomic E-state index is 0.0987. The Hall–Kier alpha value is 0.0700. The lowest BCUT2D eigenvalue weighted by atomic mass is 10.1. The second kappa shape index (κ2) is 4.53. The molecule has 0 radical (unpaired) electrons. The molecule has 1 aliphatic rings. The molecule has 0 bridgehead atoms. The number of hydrogen-bond donors (Lipinski definition) is 2. The van der Waals surface area contributed by atoms with Crippen LogP contribution in [0, 0.1) is 0 Å². The van der Waals surface area contributed by atoms with Gasteiger partial charge in [0.1, 0.15) is 0 Å². The number of rotatable bonds is 4. The predicted octanol–water partition coefficient (Wildman–Crippen LogP) is 1.05. The van der Waals surface area contributed by atoms with Crippen LogP contribution in [0.2, 0.25) is 0 Å². The van der Waals surface area contributed by atoms with E-state index in [0.717, 1.165) is 19.4 Å². The highest BCUT2D eigenvalue weighted by molar-refractivity contribution is 7.46. The SMILES string of the molecule is C[C@H](C[C@@H]1CCCO1)OP(=O)(O)O. The molecule has 78 valence electrons. The second-order valence-electron chi connectivity index (χ2n) is 3.28. The summed E-state index contributed by atoms with van der Waals surface area (Å²) in [7, 11) is -4.33. The van der Waals surface area contributed by atoms with Gasteiger partial charge in [0.2, 0.25) is 0 Å².